The Kier molecular flexibility index (Phi) is 12.7. The highest BCUT2D eigenvalue weighted by Crippen LogP contribution is 2.35. The largest absolute Gasteiger partial charge is 0.465 e. The topological polar surface area (TPSA) is 105 Å². The molecule has 0 aliphatic heterocycles. The highest BCUT2D eigenvalue weighted by atomic mass is 35.5. The zero-order chi connectivity index (χ0) is 15.3. The summed E-state index contributed by atoms with van der Waals surface area (Å²) in [4.78, 5) is 12.7. The lowest BCUT2D eigenvalue weighted by Gasteiger charge is -2.21. The van der Waals surface area contributed by atoms with Crippen LogP contribution in [0.4, 0.5) is 4.79 Å². The average molecular weight is 408 g/mol. The highest BCUT2D eigenvalue weighted by molar-refractivity contribution is 5.86. The van der Waals surface area contributed by atoms with Gasteiger partial charge >= 0.3 is 6.09 Å². The van der Waals surface area contributed by atoms with Crippen LogP contribution in [0.2, 0.25) is 0 Å². The van der Waals surface area contributed by atoms with Crippen LogP contribution in [0, 0.1) is 0 Å². The Labute approximate surface area is 163 Å². The van der Waals surface area contributed by atoms with Gasteiger partial charge in [0, 0.05) is 24.2 Å². The number of nitrogens with two attached hydrogens (primary N) is 2. The molecule has 9 heteroatoms. The van der Waals surface area contributed by atoms with E-state index in [0.717, 1.165) is 64.5 Å². The number of hydrogen-bond donors (Lipinski definition) is 4. The molecule has 2 saturated carbocycles. The molecule has 0 bridgehead atoms. The van der Waals surface area contributed by atoms with E-state index in [2.05, 4.69) is 5.32 Å². The molecule has 0 atom stereocenters. The predicted molar refractivity (Wildman–Crippen MR) is 105 cm³/mol. The predicted octanol–water partition coefficient (Wildman–Crippen LogP) is 2.36. The molecule has 2 aliphatic carbocycles. The van der Waals surface area contributed by atoms with Gasteiger partial charge in [-0.15, -0.1) is 37.2 Å². The monoisotopic (exact) mass is 406 g/mol. The minimum atomic E-state index is -0.828. The summed E-state index contributed by atoms with van der Waals surface area (Å²) < 4.78 is 0. The maximum Gasteiger partial charge on any atom is 0.407 e. The molecule has 2 fully saturated rings. The van der Waals surface area contributed by atoms with Crippen molar-refractivity contribution in [3.8, 4) is 0 Å². The summed E-state index contributed by atoms with van der Waals surface area (Å²) in [7, 11) is 0. The molecule has 0 saturated heterocycles. The Balaban J connectivity index is 0. The number of halogens is 3. The molecule has 2 aliphatic rings. The third-order valence-electron chi connectivity index (χ3n) is 4.77. The van der Waals surface area contributed by atoms with Crippen molar-refractivity contribution in [2.75, 3.05) is 26.2 Å². The Hall–Kier alpha value is 0.0200. The summed E-state index contributed by atoms with van der Waals surface area (Å²) in [6.07, 6.45) is 7.28. The molecule has 0 aromatic heterocycles. The first-order valence-electron chi connectivity index (χ1n) is 8.19. The third kappa shape index (κ3) is 10.1. The van der Waals surface area contributed by atoms with E-state index in [4.69, 9.17) is 11.5 Å². The molecular weight excluding hydrogens is 375 g/mol. The number of carboxylic acid groups (broad SMARTS) is 1. The average Bonchev–Trinajstić information content (AvgIpc) is 3.33. The SMILES string of the molecule is Cl.Cl.Cl.NC1(CCNCCCCN(CCC2(N)CC2)C(=O)O)CC1. The van der Waals surface area contributed by atoms with Crippen LogP contribution in [-0.4, -0.2) is 53.4 Å². The molecule has 0 radical (unpaired) electrons. The molecule has 0 unspecified atom stereocenters. The minimum Gasteiger partial charge on any atom is -0.465 e. The lowest BCUT2D eigenvalue weighted by molar-refractivity contribution is 0.142. The summed E-state index contributed by atoms with van der Waals surface area (Å²) in [5.41, 5.74) is 12.1. The van der Waals surface area contributed by atoms with Crippen LogP contribution in [0.5, 0.6) is 0 Å². The number of unbranched alkanes of at least 4 members (excludes halogenated alkanes) is 1. The Bertz CT molecular complexity index is 367. The normalized spacial score (nSPS) is 18.4. The summed E-state index contributed by atoms with van der Waals surface area (Å²) in [5.74, 6) is 0. The van der Waals surface area contributed by atoms with Crippen LogP contribution < -0.4 is 16.8 Å². The molecule has 6 nitrogen and oxygen atoms in total. The number of amides is 1. The van der Waals surface area contributed by atoms with E-state index < -0.39 is 6.09 Å². The van der Waals surface area contributed by atoms with Crippen molar-refractivity contribution in [3.63, 3.8) is 0 Å². The Morgan fingerprint density at radius 1 is 0.917 bits per heavy atom. The maximum absolute atomic E-state index is 11.2. The van der Waals surface area contributed by atoms with Gasteiger partial charge in [-0.25, -0.2) is 4.79 Å². The zero-order valence-electron chi connectivity index (χ0n) is 14.2. The van der Waals surface area contributed by atoms with E-state index in [1.54, 1.807) is 0 Å². The number of rotatable bonds is 11. The van der Waals surface area contributed by atoms with E-state index in [9.17, 15) is 9.90 Å². The van der Waals surface area contributed by atoms with Crippen LogP contribution in [0.25, 0.3) is 0 Å². The molecule has 1 amide bonds. The summed E-state index contributed by atoms with van der Waals surface area (Å²) in [5, 5.41) is 12.6. The van der Waals surface area contributed by atoms with E-state index in [1.807, 2.05) is 0 Å². The van der Waals surface area contributed by atoms with Gasteiger partial charge in [0.15, 0.2) is 0 Å². The fourth-order valence-electron chi connectivity index (χ4n) is 2.50. The standard InChI is InChI=1S/C15H30N4O2.3ClH/c16-14(3-4-14)7-10-18-9-1-2-11-19(13(20)21)12-8-15(17)5-6-15;;;/h18H,1-12,16-17H2,(H,20,21);3*1H. The van der Waals surface area contributed by atoms with Gasteiger partial charge in [-0.1, -0.05) is 0 Å². The van der Waals surface area contributed by atoms with Gasteiger partial charge in [-0.05, 0) is 64.5 Å². The fraction of sp³-hybridized carbons (Fsp3) is 0.933. The molecule has 0 spiro atoms. The molecule has 2 rings (SSSR count). The lowest BCUT2D eigenvalue weighted by atomic mass is 10.2. The van der Waals surface area contributed by atoms with Crippen molar-refractivity contribution in [2.45, 2.75) is 62.4 Å². The molecule has 24 heavy (non-hydrogen) atoms. The van der Waals surface area contributed by atoms with Crippen LogP contribution in [-0.2, 0) is 0 Å². The van der Waals surface area contributed by atoms with E-state index in [-0.39, 0.29) is 48.3 Å². The lowest BCUT2D eigenvalue weighted by Crippen LogP contribution is -2.36. The van der Waals surface area contributed by atoms with Crippen LogP contribution in [0.3, 0.4) is 0 Å². The molecule has 0 aromatic carbocycles. The van der Waals surface area contributed by atoms with Gasteiger partial charge in [-0.3, -0.25) is 0 Å². The fourth-order valence-corrected chi connectivity index (χ4v) is 2.50. The minimum absolute atomic E-state index is 0. The second-order valence-electron chi connectivity index (χ2n) is 6.95. The molecule has 0 heterocycles. The number of nitrogens with zero attached hydrogens (tertiary/aromatic N) is 1. The van der Waals surface area contributed by atoms with Crippen molar-refractivity contribution in [1.29, 1.82) is 0 Å². The van der Waals surface area contributed by atoms with Crippen molar-refractivity contribution in [2.24, 2.45) is 11.5 Å². The van der Waals surface area contributed by atoms with Gasteiger partial charge < -0.3 is 26.8 Å². The van der Waals surface area contributed by atoms with Crippen molar-refractivity contribution < 1.29 is 9.90 Å². The number of carbonyl (C=O) groups is 1. The van der Waals surface area contributed by atoms with Gasteiger partial charge in [0.1, 0.15) is 0 Å². The van der Waals surface area contributed by atoms with Gasteiger partial charge in [0.05, 0.1) is 0 Å². The van der Waals surface area contributed by atoms with Gasteiger partial charge in [-0.2, -0.15) is 0 Å². The first-order valence-corrected chi connectivity index (χ1v) is 8.19. The number of nitrogens with one attached hydrogen (secondary N) is 1. The first kappa shape index (κ1) is 26.3. The van der Waals surface area contributed by atoms with Gasteiger partial charge in [0.25, 0.3) is 0 Å². The van der Waals surface area contributed by atoms with Crippen molar-refractivity contribution in [3.05, 3.63) is 0 Å². The Morgan fingerprint density at radius 2 is 1.46 bits per heavy atom. The maximum atomic E-state index is 11.2. The summed E-state index contributed by atoms with van der Waals surface area (Å²) in [6.45, 7) is 3.07. The molecule has 6 N–H and O–H groups in total. The number of hydrogen-bond acceptors (Lipinski definition) is 4. The first-order chi connectivity index (χ1) is 9.93. The molecule has 146 valence electrons. The quantitative estimate of drug-likeness (QED) is 0.394. The van der Waals surface area contributed by atoms with E-state index in [0.29, 0.717) is 13.1 Å². The molecular formula is C15H33Cl3N4O2. The second-order valence-corrected chi connectivity index (χ2v) is 6.95. The molecule has 0 aromatic rings. The van der Waals surface area contributed by atoms with Gasteiger partial charge in [0.2, 0.25) is 0 Å². The highest BCUT2D eigenvalue weighted by Gasteiger charge is 2.38. The van der Waals surface area contributed by atoms with Crippen molar-refractivity contribution in [1.82, 2.24) is 10.2 Å². The van der Waals surface area contributed by atoms with E-state index >= 15 is 0 Å². The van der Waals surface area contributed by atoms with Crippen LogP contribution >= 0.6 is 37.2 Å². The Morgan fingerprint density at radius 3 is 1.96 bits per heavy atom. The zero-order valence-corrected chi connectivity index (χ0v) is 16.6. The third-order valence-corrected chi connectivity index (χ3v) is 4.77. The summed E-state index contributed by atoms with van der Waals surface area (Å²) >= 11 is 0. The summed E-state index contributed by atoms with van der Waals surface area (Å²) in [6, 6.07) is 0. The van der Waals surface area contributed by atoms with E-state index in [1.165, 1.54) is 4.90 Å². The van der Waals surface area contributed by atoms with Crippen LogP contribution in [0.1, 0.15) is 51.4 Å². The second kappa shape index (κ2) is 11.6. The van der Waals surface area contributed by atoms with Crippen molar-refractivity contribution >= 4 is 43.3 Å². The van der Waals surface area contributed by atoms with Crippen LogP contribution in [0.15, 0.2) is 0 Å². The smallest absolute Gasteiger partial charge is 0.407 e.